The van der Waals surface area contributed by atoms with E-state index in [4.69, 9.17) is 14.9 Å². The molecule has 4 nitrogen and oxygen atoms in total. The van der Waals surface area contributed by atoms with Gasteiger partial charge in [-0.15, -0.1) is 0 Å². The minimum atomic E-state index is -0.836. The van der Waals surface area contributed by atoms with Crippen molar-refractivity contribution >= 4 is 28.7 Å². The summed E-state index contributed by atoms with van der Waals surface area (Å²) in [6, 6.07) is 14.6. The summed E-state index contributed by atoms with van der Waals surface area (Å²) in [5, 5.41) is 0.994. The molecule has 1 aromatic heterocycles. The number of para-hydroxylation sites is 1. The third-order valence-electron chi connectivity index (χ3n) is 4.37. The summed E-state index contributed by atoms with van der Waals surface area (Å²) in [5.74, 6) is 0.542. The van der Waals surface area contributed by atoms with Crippen LogP contribution in [0.3, 0.4) is 0 Å². The Morgan fingerprint density at radius 1 is 1.15 bits per heavy atom. The number of furan rings is 1. The lowest BCUT2D eigenvalue weighted by molar-refractivity contribution is -0.150. The number of nitrogens with two attached hydrogens (primary N) is 1. The highest BCUT2D eigenvalue weighted by Gasteiger charge is 2.23. The van der Waals surface area contributed by atoms with Crippen LogP contribution in [0.1, 0.15) is 24.9 Å². The van der Waals surface area contributed by atoms with Gasteiger partial charge in [0, 0.05) is 10.9 Å². The largest absolute Gasteiger partial charge is 0.464 e. The number of ether oxygens (including phenoxy) is 1. The topological polar surface area (TPSA) is 65.5 Å². The summed E-state index contributed by atoms with van der Waals surface area (Å²) in [5.41, 5.74) is 9.61. The Labute approximate surface area is 157 Å². The van der Waals surface area contributed by atoms with Gasteiger partial charge in [-0.05, 0) is 42.5 Å². The molecule has 0 unspecified atom stereocenters. The van der Waals surface area contributed by atoms with Crippen molar-refractivity contribution in [1.29, 1.82) is 0 Å². The molecule has 0 aliphatic carbocycles. The monoisotopic (exact) mass is 369 g/mol. The van der Waals surface area contributed by atoms with Crippen molar-refractivity contribution in [2.45, 2.75) is 25.5 Å². The molecule has 26 heavy (non-hydrogen) atoms. The van der Waals surface area contributed by atoms with Crippen LogP contribution in [0.2, 0.25) is 0 Å². The molecule has 5 heteroatoms. The highest BCUT2D eigenvalue weighted by molar-refractivity contribution is 7.98. The van der Waals surface area contributed by atoms with Crippen molar-refractivity contribution in [2.75, 3.05) is 12.0 Å². The molecule has 0 saturated heterocycles. The highest BCUT2D eigenvalue weighted by Crippen LogP contribution is 2.34. The van der Waals surface area contributed by atoms with E-state index < -0.39 is 12.0 Å². The summed E-state index contributed by atoms with van der Waals surface area (Å²) in [6.45, 7) is 1.90. The highest BCUT2D eigenvalue weighted by atomic mass is 32.2. The van der Waals surface area contributed by atoms with E-state index in [1.807, 2.05) is 61.7 Å². The van der Waals surface area contributed by atoms with Gasteiger partial charge >= 0.3 is 5.97 Å². The first kappa shape index (κ1) is 18.5. The second kappa shape index (κ2) is 8.43. The van der Waals surface area contributed by atoms with Crippen LogP contribution in [0, 0.1) is 0 Å². The molecule has 2 N–H and O–H groups in total. The van der Waals surface area contributed by atoms with Crippen LogP contribution >= 0.6 is 11.8 Å². The smallest absolute Gasteiger partial charge is 0.327 e. The zero-order chi connectivity index (χ0) is 18.5. The Hall–Kier alpha value is -2.24. The lowest BCUT2D eigenvalue weighted by Gasteiger charge is -2.18. The van der Waals surface area contributed by atoms with Gasteiger partial charge in [0.2, 0.25) is 0 Å². The molecule has 2 aromatic carbocycles. The van der Waals surface area contributed by atoms with E-state index in [0.717, 1.165) is 39.8 Å². The molecule has 136 valence electrons. The molecule has 1 heterocycles. The van der Waals surface area contributed by atoms with Crippen LogP contribution in [0.15, 0.2) is 59.2 Å². The summed E-state index contributed by atoms with van der Waals surface area (Å²) in [6.07, 6.45) is 4.41. The van der Waals surface area contributed by atoms with Crippen molar-refractivity contribution in [1.82, 2.24) is 0 Å². The number of hydrogen-bond donors (Lipinski definition) is 1. The standard InChI is InChI=1S/C21H23NO3S/c1-14(11-12-26-2)25-21(23)20(22)17-9-4-3-7-15(17)18-13-24-19-10-6-5-8-16(18)19/h3-10,13-14,20H,11-12,22H2,1-2H3/t14-,20-/m0/s1. The summed E-state index contributed by atoms with van der Waals surface area (Å²) >= 11 is 1.73. The third kappa shape index (κ3) is 3.94. The molecule has 3 rings (SSSR count). The first-order valence-corrected chi connectivity index (χ1v) is 10.0. The van der Waals surface area contributed by atoms with E-state index in [-0.39, 0.29) is 6.10 Å². The van der Waals surface area contributed by atoms with Gasteiger partial charge in [-0.3, -0.25) is 0 Å². The maximum atomic E-state index is 12.5. The Balaban J connectivity index is 1.88. The second-order valence-corrected chi connectivity index (χ2v) is 7.23. The quantitative estimate of drug-likeness (QED) is 0.607. The number of esters is 1. The molecule has 0 radical (unpaired) electrons. The zero-order valence-electron chi connectivity index (χ0n) is 15.0. The number of rotatable bonds is 7. The first-order valence-electron chi connectivity index (χ1n) is 8.62. The molecule has 0 bridgehead atoms. The molecule has 0 fully saturated rings. The minimum absolute atomic E-state index is 0.150. The Morgan fingerprint density at radius 3 is 2.69 bits per heavy atom. The van der Waals surface area contributed by atoms with Gasteiger partial charge < -0.3 is 14.9 Å². The predicted octanol–water partition coefficient (Wildman–Crippen LogP) is 4.78. The molecule has 0 saturated carbocycles. The van der Waals surface area contributed by atoms with Gasteiger partial charge in [0.25, 0.3) is 0 Å². The molecule has 0 aliphatic rings. The van der Waals surface area contributed by atoms with E-state index in [1.165, 1.54) is 0 Å². The van der Waals surface area contributed by atoms with Crippen LogP contribution in [-0.4, -0.2) is 24.1 Å². The van der Waals surface area contributed by atoms with Crippen LogP contribution in [0.4, 0.5) is 0 Å². The summed E-state index contributed by atoms with van der Waals surface area (Å²) in [4.78, 5) is 12.5. The molecule has 2 atom stereocenters. The molecule has 0 amide bonds. The maximum Gasteiger partial charge on any atom is 0.327 e. The molecule has 0 spiro atoms. The molecule has 0 aliphatic heterocycles. The number of thioether (sulfide) groups is 1. The van der Waals surface area contributed by atoms with E-state index in [0.29, 0.717) is 0 Å². The Morgan fingerprint density at radius 2 is 1.88 bits per heavy atom. The van der Waals surface area contributed by atoms with Gasteiger partial charge in [0.15, 0.2) is 0 Å². The van der Waals surface area contributed by atoms with Crippen LogP contribution < -0.4 is 5.73 Å². The van der Waals surface area contributed by atoms with Crippen molar-refractivity contribution in [3.63, 3.8) is 0 Å². The van der Waals surface area contributed by atoms with Gasteiger partial charge in [-0.25, -0.2) is 4.79 Å². The molecular weight excluding hydrogens is 346 g/mol. The third-order valence-corrected chi connectivity index (χ3v) is 5.01. The maximum absolute atomic E-state index is 12.5. The predicted molar refractivity (Wildman–Crippen MR) is 107 cm³/mol. The summed E-state index contributed by atoms with van der Waals surface area (Å²) < 4.78 is 11.2. The molecular formula is C21H23NO3S. The minimum Gasteiger partial charge on any atom is -0.464 e. The van der Waals surface area contributed by atoms with E-state index in [1.54, 1.807) is 18.0 Å². The fourth-order valence-electron chi connectivity index (χ4n) is 2.94. The average molecular weight is 369 g/mol. The fraction of sp³-hybridized carbons (Fsp3) is 0.286. The normalized spacial score (nSPS) is 13.5. The Bertz CT molecular complexity index is 890. The van der Waals surface area contributed by atoms with Crippen molar-refractivity contribution < 1.29 is 13.9 Å². The van der Waals surface area contributed by atoms with Gasteiger partial charge in [0.1, 0.15) is 11.6 Å². The number of carbonyl (C=O) groups excluding carboxylic acids is 1. The van der Waals surface area contributed by atoms with Crippen LogP contribution in [-0.2, 0) is 9.53 Å². The van der Waals surface area contributed by atoms with Crippen LogP contribution in [0.5, 0.6) is 0 Å². The average Bonchev–Trinajstić information content (AvgIpc) is 3.09. The Kier molecular flexibility index (Phi) is 6.01. The van der Waals surface area contributed by atoms with Gasteiger partial charge in [-0.1, -0.05) is 42.5 Å². The second-order valence-electron chi connectivity index (χ2n) is 6.24. The first-order chi connectivity index (χ1) is 12.6. The van der Waals surface area contributed by atoms with E-state index >= 15 is 0 Å². The van der Waals surface area contributed by atoms with E-state index in [2.05, 4.69) is 0 Å². The number of hydrogen-bond acceptors (Lipinski definition) is 5. The van der Waals surface area contributed by atoms with Crippen molar-refractivity contribution in [3.05, 3.63) is 60.4 Å². The van der Waals surface area contributed by atoms with Crippen molar-refractivity contribution in [3.8, 4) is 11.1 Å². The van der Waals surface area contributed by atoms with Gasteiger partial charge in [-0.2, -0.15) is 11.8 Å². The number of benzene rings is 2. The fourth-order valence-corrected chi connectivity index (χ4v) is 3.51. The number of carbonyl (C=O) groups is 1. The lowest BCUT2D eigenvalue weighted by atomic mass is 9.95. The van der Waals surface area contributed by atoms with Crippen molar-refractivity contribution in [2.24, 2.45) is 5.73 Å². The van der Waals surface area contributed by atoms with Crippen LogP contribution in [0.25, 0.3) is 22.1 Å². The summed E-state index contributed by atoms with van der Waals surface area (Å²) in [7, 11) is 0. The lowest BCUT2D eigenvalue weighted by Crippen LogP contribution is -2.27. The molecule has 3 aromatic rings. The van der Waals surface area contributed by atoms with E-state index in [9.17, 15) is 4.79 Å². The number of fused-ring (bicyclic) bond motifs is 1. The van der Waals surface area contributed by atoms with Gasteiger partial charge in [0.05, 0.1) is 12.4 Å². The zero-order valence-corrected chi connectivity index (χ0v) is 15.8. The SMILES string of the molecule is CSCC[C@H](C)OC(=O)[C@@H](N)c1ccccc1-c1coc2ccccc12.